The molecule has 0 aliphatic rings. The van der Waals surface area contributed by atoms with Gasteiger partial charge in [-0.1, -0.05) is 11.6 Å². The molecule has 0 N–H and O–H groups in total. The predicted octanol–water partition coefficient (Wildman–Crippen LogP) is 4.61. The molecule has 0 bridgehead atoms. The number of ether oxygens (including phenoxy) is 2. The molecule has 0 radical (unpaired) electrons. The number of thiophene rings is 1. The first kappa shape index (κ1) is 15.4. The molecule has 0 amide bonds. The summed E-state index contributed by atoms with van der Waals surface area (Å²) in [7, 11) is 3.02. The minimum atomic E-state index is -0.0118. The van der Waals surface area contributed by atoms with Gasteiger partial charge in [0.1, 0.15) is 0 Å². The first-order chi connectivity index (χ1) is 9.55. The van der Waals surface area contributed by atoms with Crippen molar-refractivity contribution in [3.8, 4) is 11.5 Å². The summed E-state index contributed by atoms with van der Waals surface area (Å²) in [5.41, 5.74) is 0.511. The Morgan fingerprint density at radius 1 is 1.30 bits per heavy atom. The van der Waals surface area contributed by atoms with Crippen LogP contribution in [-0.4, -0.2) is 20.0 Å². The van der Waals surface area contributed by atoms with Gasteiger partial charge in [0, 0.05) is 16.9 Å². The monoisotopic (exact) mass is 374 g/mol. The Morgan fingerprint density at radius 3 is 2.60 bits per heavy atom. The van der Waals surface area contributed by atoms with Gasteiger partial charge in [0.05, 0.1) is 23.0 Å². The second-order valence-electron chi connectivity index (χ2n) is 4.00. The van der Waals surface area contributed by atoms with Gasteiger partial charge in [-0.2, -0.15) is 0 Å². The lowest BCUT2D eigenvalue weighted by atomic mass is 10.1. The SMILES string of the molecule is COc1cc(C(=O)Cc2ccc(Br)s2)cc(Cl)c1OC. The van der Waals surface area contributed by atoms with Gasteiger partial charge in [-0.25, -0.2) is 0 Å². The number of hydrogen-bond acceptors (Lipinski definition) is 4. The maximum atomic E-state index is 12.3. The van der Waals surface area contributed by atoms with Crippen LogP contribution in [0.15, 0.2) is 28.1 Å². The standard InChI is InChI=1S/C14H12BrClO3S/c1-18-12-6-8(5-10(16)14(12)19-2)11(17)7-9-3-4-13(15)20-9/h3-6H,7H2,1-2H3. The number of ketones is 1. The summed E-state index contributed by atoms with van der Waals surface area (Å²) >= 11 is 11.0. The van der Waals surface area contributed by atoms with Crippen molar-refractivity contribution in [3.63, 3.8) is 0 Å². The van der Waals surface area contributed by atoms with Crippen molar-refractivity contribution in [1.29, 1.82) is 0 Å². The van der Waals surface area contributed by atoms with E-state index in [1.165, 1.54) is 25.6 Å². The second kappa shape index (κ2) is 6.61. The third-order valence-corrected chi connectivity index (χ3v) is 4.62. The summed E-state index contributed by atoms with van der Waals surface area (Å²) < 4.78 is 11.4. The number of benzene rings is 1. The number of halogens is 2. The van der Waals surface area contributed by atoms with Gasteiger partial charge in [-0.3, -0.25) is 4.79 Å². The summed E-state index contributed by atoms with van der Waals surface area (Å²) in [6.07, 6.45) is 0.335. The molecule has 0 fully saturated rings. The molecule has 0 aliphatic heterocycles. The maximum Gasteiger partial charge on any atom is 0.179 e. The molecule has 106 valence electrons. The van der Waals surface area contributed by atoms with Crippen LogP contribution in [0.25, 0.3) is 0 Å². The number of rotatable bonds is 5. The summed E-state index contributed by atoms with van der Waals surface area (Å²) in [4.78, 5) is 13.3. The topological polar surface area (TPSA) is 35.5 Å². The van der Waals surface area contributed by atoms with Gasteiger partial charge >= 0.3 is 0 Å². The molecule has 0 saturated heterocycles. The number of hydrogen-bond donors (Lipinski definition) is 0. The summed E-state index contributed by atoms with van der Waals surface area (Å²) in [5.74, 6) is 0.877. The van der Waals surface area contributed by atoms with Crippen LogP contribution >= 0.6 is 38.9 Å². The van der Waals surface area contributed by atoms with Crippen LogP contribution in [0.5, 0.6) is 11.5 Å². The molecule has 2 aromatic rings. The second-order valence-corrected chi connectivity index (χ2v) is 6.95. The normalized spacial score (nSPS) is 10.4. The van der Waals surface area contributed by atoms with Crippen molar-refractivity contribution >= 4 is 44.7 Å². The first-order valence-corrected chi connectivity index (χ1v) is 7.73. The molecule has 20 heavy (non-hydrogen) atoms. The van der Waals surface area contributed by atoms with Crippen molar-refractivity contribution in [2.24, 2.45) is 0 Å². The number of methoxy groups -OCH3 is 2. The fourth-order valence-corrected chi connectivity index (χ4v) is 3.56. The van der Waals surface area contributed by atoms with Crippen molar-refractivity contribution < 1.29 is 14.3 Å². The summed E-state index contributed by atoms with van der Waals surface area (Å²) in [6.45, 7) is 0. The fourth-order valence-electron chi connectivity index (χ4n) is 1.79. The van der Waals surface area contributed by atoms with E-state index in [2.05, 4.69) is 15.9 Å². The molecule has 6 heteroatoms. The van der Waals surface area contributed by atoms with E-state index in [9.17, 15) is 4.79 Å². The predicted molar refractivity (Wildman–Crippen MR) is 84.6 cm³/mol. The molecule has 2 rings (SSSR count). The molecule has 0 atom stereocenters. The fraction of sp³-hybridized carbons (Fsp3) is 0.214. The summed E-state index contributed by atoms with van der Waals surface area (Å²) in [5, 5.41) is 0.363. The van der Waals surface area contributed by atoms with Crippen molar-refractivity contribution in [1.82, 2.24) is 0 Å². The van der Waals surface area contributed by atoms with E-state index in [0.717, 1.165) is 8.66 Å². The Bertz CT molecular complexity index is 639. The molecule has 0 unspecified atom stereocenters. The minimum Gasteiger partial charge on any atom is -0.493 e. The van der Waals surface area contributed by atoms with Gasteiger partial charge in [0.15, 0.2) is 17.3 Å². The lowest BCUT2D eigenvalue weighted by Crippen LogP contribution is -2.03. The molecule has 1 aromatic heterocycles. The van der Waals surface area contributed by atoms with Crippen LogP contribution in [-0.2, 0) is 6.42 Å². The molecular formula is C14H12BrClO3S. The molecule has 0 spiro atoms. The molecule has 1 heterocycles. The number of Topliss-reactive ketones (excluding diaryl/α,β-unsaturated/α-hetero) is 1. The smallest absolute Gasteiger partial charge is 0.179 e. The van der Waals surface area contributed by atoms with Crippen LogP contribution in [0.3, 0.4) is 0 Å². The number of carbonyl (C=O) groups excluding carboxylic acids is 1. The van der Waals surface area contributed by atoms with Crippen LogP contribution in [0, 0.1) is 0 Å². The average Bonchev–Trinajstić information content (AvgIpc) is 2.82. The minimum absolute atomic E-state index is 0.0118. The quantitative estimate of drug-likeness (QED) is 0.716. The van der Waals surface area contributed by atoms with E-state index >= 15 is 0 Å². The lowest BCUT2D eigenvalue weighted by Gasteiger charge is -2.11. The molecule has 1 aromatic carbocycles. The van der Waals surface area contributed by atoms with E-state index in [-0.39, 0.29) is 5.78 Å². The van der Waals surface area contributed by atoms with Crippen LogP contribution in [0.2, 0.25) is 5.02 Å². The Balaban J connectivity index is 2.28. The van der Waals surface area contributed by atoms with Crippen molar-refractivity contribution in [2.45, 2.75) is 6.42 Å². The number of carbonyl (C=O) groups is 1. The van der Waals surface area contributed by atoms with Crippen molar-refractivity contribution in [3.05, 3.63) is 43.5 Å². The molecule has 0 aliphatic carbocycles. The van der Waals surface area contributed by atoms with Gasteiger partial charge < -0.3 is 9.47 Å². The van der Waals surface area contributed by atoms with E-state index in [0.29, 0.717) is 28.5 Å². The molecular weight excluding hydrogens is 364 g/mol. The Kier molecular flexibility index (Phi) is 5.07. The van der Waals surface area contributed by atoms with Crippen LogP contribution in [0.4, 0.5) is 0 Å². The maximum absolute atomic E-state index is 12.3. The van der Waals surface area contributed by atoms with E-state index in [1.54, 1.807) is 12.1 Å². The van der Waals surface area contributed by atoms with Crippen LogP contribution in [0.1, 0.15) is 15.2 Å². The third kappa shape index (κ3) is 3.34. The average molecular weight is 376 g/mol. The molecule has 3 nitrogen and oxygen atoms in total. The summed E-state index contributed by atoms with van der Waals surface area (Å²) in [6, 6.07) is 7.10. The first-order valence-electron chi connectivity index (χ1n) is 5.74. The molecule has 0 saturated carbocycles. The van der Waals surface area contributed by atoms with Gasteiger partial charge in [-0.05, 0) is 40.2 Å². The highest BCUT2D eigenvalue weighted by molar-refractivity contribution is 9.11. The Hall–Kier alpha value is -1.04. The van der Waals surface area contributed by atoms with Gasteiger partial charge in [0.2, 0.25) is 0 Å². The third-order valence-electron chi connectivity index (χ3n) is 2.72. The zero-order valence-corrected chi connectivity index (χ0v) is 14.1. The van der Waals surface area contributed by atoms with E-state index in [1.807, 2.05) is 12.1 Å². The van der Waals surface area contributed by atoms with E-state index < -0.39 is 0 Å². The van der Waals surface area contributed by atoms with Crippen LogP contribution < -0.4 is 9.47 Å². The Morgan fingerprint density at radius 2 is 2.05 bits per heavy atom. The van der Waals surface area contributed by atoms with Crippen molar-refractivity contribution in [2.75, 3.05) is 14.2 Å². The largest absolute Gasteiger partial charge is 0.493 e. The van der Waals surface area contributed by atoms with E-state index in [4.69, 9.17) is 21.1 Å². The highest BCUT2D eigenvalue weighted by Gasteiger charge is 2.16. The Labute approximate surface area is 134 Å². The lowest BCUT2D eigenvalue weighted by molar-refractivity contribution is 0.0993. The highest BCUT2D eigenvalue weighted by Crippen LogP contribution is 2.36. The zero-order valence-electron chi connectivity index (χ0n) is 10.9. The zero-order chi connectivity index (χ0) is 14.7. The highest BCUT2D eigenvalue weighted by atomic mass is 79.9. The van der Waals surface area contributed by atoms with Gasteiger partial charge in [-0.15, -0.1) is 11.3 Å². The van der Waals surface area contributed by atoms with Gasteiger partial charge in [0.25, 0.3) is 0 Å².